The molecule has 0 amide bonds. The van der Waals surface area contributed by atoms with E-state index >= 15 is 0 Å². The van der Waals surface area contributed by atoms with Gasteiger partial charge in [-0.05, 0) is 18.2 Å². The third kappa shape index (κ3) is 2.69. The van der Waals surface area contributed by atoms with Gasteiger partial charge in [0.25, 0.3) is 0 Å². The van der Waals surface area contributed by atoms with Gasteiger partial charge in [0.1, 0.15) is 6.10 Å². The summed E-state index contributed by atoms with van der Waals surface area (Å²) in [7, 11) is 0. The van der Waals surface area contributed by atoms with Crippen LogP contribution in [0.5, 0.6) is 0 Å². The molecule has 2 heterocycles. The number of benzene rings is 1. The molecule has 0 bridgehead atoms. The fourth-order valence-corrected chi connectivity index (χ4v) is 2.94. The summed E-state index contributed by atoms with van der Waals surface area (Å²) in [5, 5.41) is 4.00. The van der Waals surface area contributed by atoms with Gasteiger partial charge in [-0.2, -0.15) is 0 Å². The van der Waals surface area contributed by atoms with E-state index in [1.54, 1.807) is 6.33 Å². The molecule has 1 saturated heterocycles. The molecule has 1 N–H and O–H groups in total. The van der Waals surface area contributed by atoms with Crippen molar-refractivity contribution in [2.75, 3.05) is 19.7 Å². The third-order valence-electron chi connectivity index (χ3n) is 3.09. The van der Waals surface area contributed by atoms with E-state index in [1.165, 1.54) is 0 Å². The van der Waals surface area contributed by atoms with E-state index in [9.17, 15) is 0 Å². The Bertz CT molecular complexity index is 581. The maximum absolute atomic E-state index is 6.30. The van der Waals surface area contributed by atoms with Gasteiger partial charge in [-0.3, -0.25) is 4.57 Å². The van der Waals surface area contributed by atoms with Crippen LogP contribution in [0.4, 0.5) is 0 Å². The molecule has 3 rings (SSSR count). The lowest BCUT2D eigenvalue weighted by molar-refractivity contribution is 0.0240. The summed E-state index contributed by atoms with van der Waals surface area (Å²) in [4.78, 5) is 4.22. The average molecular weight is 343 g/mol. The minimum absolute atomic E-state index is 0.0102. The maximum Gasteiger partial charge on any atom is 0.112 e. The second kappa shape index (κ2) is 5.63. The Morgan fingerprint density at radius 2 is 2.37 bits per heavy atom. The molecule has 100 valence electrons. The van der Waals surface area contributed by atoms with Gasteiger partial charge in [0.05, 0.1) is 35.5 Å². The number of halogens is 2. The monoisotopic (exact) mass is 341 g/mol. The van der Waals surface area contributed by atoms with E-state index in [-0.39, 0.29) is 6.10 Å². The highest BCUT2D eigenvalue weighted by Crippen LogP contribution is 2.28. The van der Waals surface area contributed by atoms with E-state index in [2.05, 4.69) is 26.2 Å². The van der Waals surface area contributed by atoms with Crippen LogP contribution in [0.1, 0.15) is 11.8 Å². The zero-order valence-corrected chi connectivity index (χ0v) is 12.5. The maximum atomic E-state index is 6.30. The van der Waals surface area contributed by atoms with Gasteiger partial charge in [-0.15, -0.1) is 0 Å². The Kier molecular flexibility index (Phi) is 3.88. The molecule has 2 aromatic rings. The lowest BCUT2D eigenvalue weighted by Crippen LogP contribution is -2.34. The van der Waals surface area contributed by atoms with Crippen molar-refractivity contribution in [3.05, 3.63) is 45.9 Å². The number of aromatic nitrogens is 2. The Morgan fingerprint density at radius 1 is 1.47 bits per heavy atom. The van der Waals surface area contributed by atoms with Crippen molar-refractivity contribution >= 4 is 27.5 Å². The first-order valence-corrected chi connectivity index (χ1v) is 7.23. The number of nitrogens with one attached hydrogen (secondary N) is 1. The van der Waals surface area contributed by atoms with Crippen LogP contribution in [0, 0.1) is 0 Å². The van der Waals surface area contributed by atoms with E-state index in [0.29, 0.717) is 11.6 Å². The molecule has 1 aliphatic rings. The van der Waals surface area contributed by atoms with Crippen molar-refractivity contribution < 1.29 is 4.74 Å². The van der Waals surface area contributed by atoms with E-state index in [0.717, 1.165) is 28.9 Å². The van der Waals surface area contributed by atoms with Crippen LogP contribution in [-0.2, 0) is 4.74 Å². The Labute approximate surface area is 124 Å². The summed E-state index contributed by atoms with van der Waals surface area (Å²) < 4.78 is 8.71. The molecule has 1 atom stereocenters. The molecule has 1 aromatic heterocycles. The van der Waals surface area contributed by atoms with Crippen molar-refractivity contribution in [3.8, 4) is 5.69 Å². The molecule has 0 radical (unpaired) electrons. The molecule has 19 heavy (non-hydrogen) atoms. The largest absolute Gasteiger partial charge is 0.369 e. The zero-order valence-electron chi connectivity index (χ0n) is 10.1. The van der Waals surface area contributed by atoms with Crippen LogP contribution < -0.4 is 5.32 Å². The van der Waals surface area contributed by atoms with Gasteiger partial charge >= 0.3 is 0 Å². The summed E-state index contributed by atoms with van der Waals surface area (Å²) in [5.41, 5.74) is 1.92. The quantitative estimate of drug-likeness (QED) is 0.912. The van der Waals surface area contributed by atoms with Crippen LogP contribution in [0.3, 0.4) is 0 Å². The molecular formula is C13H13BrClN3O. The van der Waals surface area contributed by atoms with Gasteiger partial charge in [-0.25, -0.2) is 4.98 Å². The lowest BCUT2D eigenvalue weighted by Gasteiger charge is -2.24. The fraction of sp³-hybridized carbons (Fsp3) is 0.308. The minimum Gasteiger partial charge on any atom is -0.369 e. The van der Waals surface area contributed by atoms with Crippen molar-refractivity contribution in [2.45, 2.75) is 6.10 Å². The number of hydrogen-bond acceptors (Lipinski definition) is 3. The lowest BCUT2D eigenvalue weighted by atomic mass is 10.2. The van der Waals surface area contributed by atoms with Crippen molar-refractivity contribution in [3.63, 3.8) is 0 Å². The first-order valence-electron chi connectivity index (χ1n) is 6.05. The highest BCUT2D eigenvalue weighted by atomic mass is 79.9. The topological polar surface area (TPSA) is 39.1 Å². The van der Waals surface area contributed by atoms with E-state index in [1.807, 2.05) is 29.0 Å². The predicted octanol–water partition coefficient (Wildman–Crippen LogP) is 2.95. The SMILES string of the molecule is Clc1cc(Br)ccc1-n1cncc1C1CNCCO1. The normalized spacial score (nSPS) is 19.6. The summed E-state index contributed by atoms with van der Waals surface area (Å²) in [6.45, 7) is 2.40. The van der Waals surface area contributed by atoms with Crippen LogP contribution >= 0.6 is 27.5 Å². The number of morpholine rings is 1. The highest BCUT2D eigenvalue weighted by Gasteiger charge is 2.20. The summed E-state index contributed by atoms with van der Waals surface area (Å²) in [6.07, 6.45) is 3.61. The second-order valence-corrected chi connectivity index (χ2v) is 5.67. The summed E-state index contributed by atoms with van der Waals surface area (Å²) >= 11 is 9.71. The Balaban J connectivity index is 1.99. The second-order valence-electron chi connectivity index (χ2n) is 4.35. The predicted molar refractivity (Wildman–Crippen MR) is 77.8 cm³/mol. The number of imidazole rings is 1. The first-order chi connectivity index (χ1) is 9.25. The van der Waals surface area contributed by atoms with Gasteiger partial charge in [0.15, 0.2) is 0 Å². The molecule has 4 nitrogen and oxygen atoms in total. The van der Waals surface area contributed by atoms with Crippen LogP contribution in [0.25, 0.3) is 5.69 Å². The van der Waals surface area contributed by atoms with Crippen molar-refractivity contribution in [1.29, 1.82) is 0 Å². The van der Waals surface area contributed by atoms with Crippen LogP contribution in [-0.4, -0.2) is 29.2 Å². The fourth-order valence-electron chi connectivity index (χ4n) is 2.18. The van der Waals surface area contributed by atoms with Crippen LogP contribution in [0.2, 0.25) is 5.02 Å². The molecule has 0 saturated carbocycles. The molecule has 6 heteroatoms. The summed E-state index contributed by atoms with van der Waals surface area (Å²) in [5.74, 6) is 0. The molecule has 1 unspecified atom stereocenters. The van der Waals surface area contributed by atoms with Gasteiger partial charge in [-0.1, -0.05) is 27.5 Å². The number of ether oxygens (including phenoxy) is 1. The van der Waals surface area contributed by atoms with E-state index in [4.69, 9.17) is 16.3 Å². The Hall–Kier alpha value is -0.880. The molecule has 1 fully saturated rings. The summed E-state index contributed by atoms with van der Waals surface area (Å²) in [6, 6.07) is 5.81. The molecule has 1 aliphatic heterocycles. The molecule has 0 aliphatic carbocycles. The zero-order chi connectivity index (χ0) is 13.2. The highest BCUT2D eigenvalue weighted by molar-refractivity contribution is 9.10. The standard InChI is InChI=1S/C13H13BrClN3O/c14-9-1-2-11(10(15)5-9)18-8-17-6-12(18)13-7-16-3-4-19-13/h1-2,5-6,8,13,16H,3-4,7H2. The first kappa shape index (κ1) is 13.1. The van der Waals surface area contributed by atoms with Crippen LogP contribution in [0.15, 0.2) is 35.2 Å². The van der Waals surface area contributed by atoms with Crippen molar-refractivity contribution in [2.24, 2.45) is 0 Å². The number of rotatable bonds is 2. The molecule has 0 spiro atoms. The van der Waals surface area contributed by atoms with Gasteiger partial charge in [0.2, 0.25) is 0 Å². The van der Waals surface area contributed by atoms with E-state index < -0.39 is 0 Å². The van der Waals surface area contributed by atoms with Gasteiger partial charge in [0, 0.05) is 17.6 Å². The molecular weight excluding hydrogens is 330 g/mol. The Morgan fingerprint density at radius 3 is 3.11 bits per heavy atom. The third-order valence-corrected chi connectivity index (χ3v) is 3.89. The number of hydrogen-bond donors (Lipinski definition) is 1. The van der Waals surface area contributed by atoms with Crippen molar-refractivity contribution in [1.82, 2.24) is 14.9 Å². The average Bonchev–Trinajstić information content (AvgIpc) is 2.89. The minimum atomic E-state index is 0.0102. The molecule has 1 aromatic carbocycles. The number of nitrogens with zero attached hydrogens (tertiary/aromatic N) is 2. The smallest absolute Gasteiger partial charge is 0.112 e. The van der Waals surface area contributed by atoms with Gasteiger partial charge < -0.3 is 10.1 Å².